The van der Waals surface area contributed by atoms with Crippen LogP contribution in [-0.2, 0) is 31.6 Å². The first-order chi connectivity index (χ1) is 19.0. The molecule has 0 unspecified atom stereocenters. The number of amides is 2. The molecule has 4 aliphatic rings. The van der Waals surface area contributed by atoms with Gasteiger partial charge in [0.1, 0.15) is 12.6 Å². The van der Waals surface area contributed by atoms with Gasteiger partial charge in [-0.3, -0.25) is 13.9 Å². The van der Waals surface area contributed by atoms with E-state index in [4.69, 9.17) is 0 Å². The molecule has 0 aliphatic heterocycles. The third-order valence-corrected chi connectivity index (χ3v) is 10.9. The molecule has 0 radical (unpaired) electrons. The predicted molar refractivity (Wildman–Crippen MR) is 158 cm³/mol. The molecule has 8 heteroatoms. The average Bonchev–Trinajstić information content (AvgIpc) is 2.91. The number of carbonyl (C=O) groups is 2. The number of nitrogens with one attached hydrogen (secondary N) is 1. The van der Waals surface area contributed by atoms with Crippen molar-refractivity contribution in [3.05, 3.63) is 65.2 Å². The Bertz CT molecular complexity index is 1320. The van der Waals surface area contributed by atoms with Crippen LogP contribution in [0.25, 0.3) is 0 Å². The first kappa shape index (κ1) is 28.7. The number of hydrogen-bond acceptors (Lipinski definition) is 4. The van der Waals surface area contributed by atoms with Gasteiger partial charge in [-0.25, -0.2) is 8.42 Å². The Hall–Kier alpha value is -2.87. The van der Waals surface area contributed by atoms with Gasteiger partial charge in [-0.2, -0.15) is 0 Å². The molecule has 4 saturated carbocycles. The van der Waals surface area contributed by atoms with Crippen molar-refractivity contribution in [2.75, 3.05) is 24.2 Å². The molecule has 7 nitrogen and oxygen atoms in total. The number of anilines is 1. The van der Waals surface area contributed by atoms with Crippen LogP contribution in [-0.4, -0.2) is 51.0 Å². The molecule has 4 aliphatic carbocycles. The number of carbonyl (C=O) groups excluding carboxylic acids is 2. The summed E-state index contributed by atoms with van der Waals surface area (Å²) in [4.78, 5) is 28.1. The molecule has 4 bridgehead atoms. The number of hydrogen-bond donors (Lipinski definition) is 1. The second-order valence-electron chi connectivity index (χ2n) is 12.5. The zero-order chi connectivity index (χ0) is 28.7. The summed E-state index contributed by atoms with van der Waals surface area (Å²) in [6.07, 6.45) is 9.36. The van der Waals surface area contributed by atoms with Crippen LogP contribution in [0.15, 0.2) is 48.5 Å². The first-order valence-corrected chi connectivity index (χ1v) is 16.5. The summed E-state index contributed by atoms with van der Waals surface area (Å²) in [6, 6.07) is 14.9. The van der Waals surface area contributed by atoms with Gasteiger partial charge in [0.05, 0.1) is 11.9 Å². The van der Waals surface area contributed by atoms with Crippen molar-refractivity contribution < 1.29 is 18.0 Å². The molecule has 0 aromatic heterocycles. The van der Waals surface area contributed by atoms with E-state index >= 15 is 0 Å². The number of benzene rings is 2. The van der Waals surface area contributed by atoms with Gasteiger partial charge < -0.3 is 10.2 Å². The lowest BCUT2D eigenvalue weighted by Gasteiger charge is -2.57. The molecule has 2 aromatic carbocycles. The molecule has 0 heterocycles. The zero-order valence-electron chi connectivity index (χ0n) is 24.2. The summed E-state index contributed by atoms with van der Waals surface area (Å²) < 4.78 is 27.2. The molecule has 1 atom stereocenters. The van der Waals surface area contributed by atoms with E-state index in [1.165, 1.54) is 53.3 Å². The minimum Gasteiger partial charge on any atom is -0.357 e. The van der Waals surface area contributed by atoms with Crippen molar-refractivity contribution in [2.24, 2.45) is 17.8 Å². The summed E-state index contributed by atoms with van der Waals surface area (Å²) in [5, 5.41) is 2.66. The summed E-state index contributed by atoms with van der Waals surface area (Å²) in [7, 11) is -2.21. The van der Waals surface area contributed by atoms with E-state index in [0.29, 0.717) is 12.1 Å². The summed E-state index contributed by atoms with van der Waals surface area (Å²) in [5.74, 6) is 1.79. The quantitative estimate of drug-likeness (QED) is 0.449. The summed E-state index contributed by atoms with van der Waals surface area (Å²) in [6.45, 7) is 3.68. The maximum Gasteiger partial charge on any atom is 0.244 e. The van der Waals surface area contributed by atoms with Crippen molar-refractivity contribution in [2.45, 2.75) is 76.8 Å². The number of aryl methyl sites for hydroxylation is 1. The largest absolute Gasteiger partial charge is 0.357 e. The predicted octanol–water partition coefficient (Wildman–Crippen LogP) is 4.78. The van der Waals surface area contributed by atoms with Crippen molar-refractivity contribution in [1.29, 1.82) is 0 Å². The van der Waals surface area contributed by atoms with Crippen molar-refractivity contribution in [3.8, 4) is 0 Å². The maximum atomic E-state index is 13.8. The standard InChI is InChI=1S/C32H43N3O4S/c1-5-29(31(37)33-3)34(20-26-9-7-6-8-22(26)2)30(36)21-35(40(4,38)39)28-12-10-27(11-13-28)32-17-23-14-24(18-32)16-25(15-23)19-32/h6-13,23-25,29H,5,14-21H2,1-4H3,(H,33,37)/t23?,24?,25?,29-,32?/m1/s1. The van der Waals surface area contributed by atoms with Crippen molar-refractivity contribution >= 4 is 27.5 Å². The minimum absolute atomic E-state index is 0.214. The molecule has 1 N–H and O–H groups in total. The van der Waals surface area contributed by atoms with Crippen LogP contribution in [0.2, 0.25) is 0 Å². The highest BCUT2D eigenvalue weighted by molar-refractivity contribution is 7.92. The maximum absolute atomic E-state index is 13.8. The Kier molecular flexibility index (Phi) is 8.01. The van der Waals surface area contributed by atoms with Gasteiger partial charge in [0.15, 0.2) is 0 Å². The van der Waals surface area contributed by atoms with Crippen LogP contribution in [0.5, 0.6) is 0 Å². The molecule has 6 rings (SSSR count). The van der Waals surface area contributed by atoms with E-state index < -0.39 is 22.0 Å². The highest BCUT2D eigenvalue weighted by atomic mass is 32.2. The van der Waals surface area contributed by atoms with E-state index in [9.17, 15) is 18.0 Å². The van der Waals surface area contributed by atoms with Crippen LogP contribution in [0.4, 0.5) is 5.69 Å². The van der Waals surface area contributed by atoms with Gasteiger partial charge in [-0.05, 0) is 104 Å². The van der Waals surface area contributed by atoms with Crippen LogP contribution >= 0.6 is 0 Å². The Morgan fingerprint density at radius 3 is 2.05 bits per heavy atom. The van der Waals surface area contributed by atoms with E-state index in [-0.39, 0.29) is 24.4 Å². The Morgan fingerprint density at radius 1 is 0.975 bits per heavy atom. The number of nitrogens with zero attached hydrogens (tertiary/aromatic N) is 2. The first-order valence-electron chi connectivity index (χ1n) is 14.7. The second kappa shape index (κ2) is 11.2. The Balaban J connectivity index is 1.41. The number of likely N-dealkylation sites (N-methyl/N-ethyl adjacent to an activating group) is 1. The summed E-state index contributed by atoms with van der Waals surface area (Å²) in [5.41, 5.74) is 3.93. The molecule has 0 spiro atoms. The lowest BCUT2D eigenvalue weighted by atomic mass is 9.48. The smallest absolute Gasteiger partial charge is 0.244 e. The fraction of sp³-hybridized carbons (Fsp3) is 0.562. The molecule has 40 heavy (non-hydrogen) atoms. The lowest BCUT2D eigenvalue weighted by Crippen LogP contribution is -2.51. The molecular weight excluding hydrogens is 522 g/mol. The third kappa shape index (κ3) is 5.65. The number of sulfonamides is 1. The fourth-order valence-electron chi connectivity index (χ4n) is 8.12. The highest BCUT2D eigenvalue weighted by Crippen LogP contribution is 2.60. The Morgan fingerprint density at radius 2 is 1.55 bits per heavy atom. The molecule has 216 valence electrons. The molecule has 0 saturated heterocycles. The van der Waals surface area contributed by atoms with Gasteiger partial charge in [-0.1, -0.05) is 43.3 Å². The normalized spacial score (nSPS) is 25.9. The Labute approximate surface area is 239 Å². The van der Waals surface area contributed by atoms with Gasteiger partial charge in [-0.15, -0.1) is 0 Å². The number of rotatable bonds is 10. The third-order valence-electron chi connectivity index (χ3n) is 9.72. The van der Waals surface area contributed by atoms with E-state index in [2.05, 4.69) is 17.4 Å². The SMILES string of the molecule is CC[C@H](C(=O)NC)N(Cc1ccccc1C)C(=O)CN(c1ccc(C23CC4CC(CC(C4)C2)C3)cc1)S(C)(=O)=O. The van der Waals surface area contributed by atoms with Crippen LogP contribution in [0, 0.1) is 24.7 Å². The van der Waals surface area contributed by atoms with Crippen LogP contribution < -0.4 is 9.62 Å². The average molecular weight is 566 g/mol. The monoisotopic (exact) mass is 565 g/mol. The van der Waals surface area contributed by atoms with Gasteiger partial charge >= 0.3 is 0 Å². The molecule has 4 fully saturated rings. The molecule has 2 amide bonds. The summed E-state index contributed by atoms with van der Waals surface area (Å²) >= 11 is 0. The van der Waals surface area contributed by atoms with Crippen LogP contribution in [0.3, 0.4) is 0 Å². The fourth-order valence-corrected chi connectivity index (χ4v) is 8.97. The van der Waals surface area contributed by atoms with E-state index in [0.717, 1.165) is 35.1 Å². The van der Waals surface area contributed by atoms with Gasteiger partial charge in [0, 0.05) is 13.6 Å². The zero-order valence-corrected chi connectivity index (χ0v) is 25.0. The van der Waals surface area contributed by atoms with Gasteiger partial charge in [0.25, 0.3) is 0 Å². The van der Waals surface area contributed by atoms with E-state index in [1.807, 2.05) is 50.2 Å². The van der Waals surface area contributed by atoms with E-state index in [1.54, 1.807) is 7.05 Å². The lowest BCUT2D eigenvalue weighted by molar-refractivity contribution is -0.140. The second-order valence-corrected chi connectivity index (χ2v) is 14.4. The topological polar surface area (TPSA) is 86.8 Å². The molecule has 2 aromatic rings. The highest BCUT2D eigenvalue weighted by Gasteiger charge is 2.51. The molecular formula is C32H43N3O4S. The van der Waals surface area contributed by atoms with Crippen molar-refractivity contribution in [1.82, 2.24) is 10.2 Å². The minimum atomic E-state index is -3.76. The van der Waals surface area contributed by atoms with Gasteiger partial charge in [0.2, 0.25) is 21.8 Å². The van der Waals surface area contributed by atoms with Crippen molar-refractivity contribution in [3.63, 3.8) is 0 Å². The van der Waals surface area contributed by atoms with Crippen LogP contribution in [0.1, 0.15) is 68.6 Å².